The molecule has 2 atom stereocenters. The van der Waals surface area contributed by atoms with Crippen LogP contribution >= 0.6 is 0 Å². The van der Waals surface area contributed by atoms with Crippen LogP contribution in [-0.4, -0.2) is 6.10 Å². The third-order valence-corrected chi connectivity index (χ3v) is 11.1. The normalized spacial score (nSPS) is 17.0. The minimum atomic E-state index is -0.247. The van der Waals surface area contributed by atoms with Gasteiger partial charge >= 0.3 is 0 Å². The number of rotatable bonds is 6. The molecule has 0 saturated carbocycles. The Morgan fingerprint density at radius 2 is 1.15 bits per heavy atom. The van der Waals surface area contributed by atoms with Gasteiger partial charge in [-0.2, -0.15) is 0 Å². The van der Waals surface area contributed by atoms with E-state index in [1.165, 1.54) is 54.9 Å². The summed E-state index contributed by atoms with van der Waals surface area (Å²) in [5, 5.41) is 4.87. The fourth-order valence-corrected chi connectivity index (χ4v) is 8.61. The van der Waals surface area contributed by atoms with Crippen LogP contribution < -0.4 is 9.64 Å². The Morgan fingerprint density at radius 1 is 0.509 bits per heavy atom. The summed E-state index contributed by atoms with van der Waals surface area (Å²) in [5.74, 6) is 0.957. The molecule has 0 aromatic heterocycles. The van der Waals surface area contributed by atoms with Gasteiger partial charge in [-0.15, -0.1) is 0 Å². The zero-order valence-corrected chi connectivity index (χ0v) is 29.5. The van der Waals surface area contributed by atoms with Crippen molar-refractivity contribution in [3.63, 3.8) is 0 Å². The highest BCUT2D eigenvalue weighted by molar-refractivity contribution is 6.10. The Kier molecular flexibility index (Phi) is 7.37. The average molecular weight is 680 g/mol. The van der Waals surface area contributed by atoms with Gasteiger partial charge in [0.2, 0.25) is 0 Å². The van der Waals surface area contributed by atoms with Crippen molar-refractivity contribution in [1.29, 1.82) is 0 Å². The summed E-state index contributed by atoms with van der Waals surface area (Å²) in [5.41, 5.74) is 11.5. The maximum absolute atomic E-state index is 6.53. The van der Waals surface area contributed by atoms with Crippen LogP contribution in [0.2, 0.25) is 0 Å². The highest BCUT2D eigenvalue weighted by Crippen LogP contribution is 2.51. The predicted molar refractivity (Wildman–Crippen MR) is 222 cm³/mol. The van der Waals surface area contributed by atoms with E-state index < -0.39 is 0 Å². The second kappa shape index (κ2) is 12.5. The first-order valence-corrected chi connectivity index (χ1v) is 18.4. The van der Waals surface area contributed by atoms with E-state index in [2.05, 4.69) is 212 Å². The molecule has 10 rings (SSSR count). The molecule has 2 nitrogen and oxygen atoms in total. The smallest absolute Gasteiger partial charge is 0.130 e. The molecular weight excluding hydrogens is 643 g/mol. The van der Waals surface area contributed by atoms with Gasteiger partial charge in [0.15, 0.2) is 0 Å². The van der Waals surface area contributed by atoms with Crippen molar-refractivity contribution in [3.05, 3.63) is 206 Å². The van der Waals surface area contributed by atoms with Crippen LogP contribution in [0.5, 0.6) is 5.75 Å². The summed E-state index contributed by atoms with van der Waals surface area (Å²) in [7, 11) is 0. The summed E-state index contributed by atoms with van der Waals surface area (Å²) in [6.45, 7) is 2.30. The van der Waals surface area contributed by atoms with E-state index in [0.717, 1.165) is 28.4 Å². The number of para-hydroxylation sites is 1. The van der Waals surface area contributed by atoms with E-state index in [1.807, 2.05) is 0 Å². The number of nitrogens with zero attached hydrogens (tertiary/aromatic N) is 1. The quantitative estimate of drug-likeness (QED) is 0.173. The van der Waals surface area contributed by atoms with E-state index >= 15 is 0 Å². The number of allylic oxidation sites excluding steroid dienone is 2. The summed E-state index contributed by atoms with van der Waals surface area (Å²) >= 11 is 0. The molecule has 0 amide bonds. The Labute approximate surface area is 310 Å². The predicted octanol–water partition coefficient (Wildman–Crippen LogP) is 13.6. The van der Waals surface area contributed by atoms with E-state index in [0.29, 0.717) is 0 Å². The summed E-state index contributed by atoms with van der Waals surface area (Å²) in [4.78, 5) is 2.46. The van der Waals surface area contributed by atoms with Crippen molar-refractivity contribution in [2.75, 3.05) is 4.90 Å². The maximum atomic E-state index is 6.53. The van der Waals surface area contributed by atoms with Crippen LogP contribution in [0.4, 0.5) is 17.1 Å². The Hall–Kier alpha value is -6.64. The number of fused-ring (bicyclic) bond motifs is 5. The molecule has 0 spiro atoms. The standard InChI is InChI=1S/C51H37NO/c1-51-33-10-9-32-48(51)53-47-31-15-27-42(50(47)51)38-22-11-23-39(34-38)52(45-30-14-19-35-18-5-6-24-40(35)45)46-29-8-7-25-43(46)44-28-13-21-37-20-12-26-41(49(37)44)36-16-3-2-4-17-36/h2-34,48H,1H3. The topological polar surface area (TPSA) is 12.5 Å². The van der Waals surface area contributed by atoms with Crippen molar-refractivity contribution >= 4 is 38.6 Å². The molecule has 1 aliphatic carbocycles. The van der Waals surface area contributed by atoms with Gasteiger partial charge in [-0.3, -0.25) is 0 Å². The van der Waals surface area contributed by atoms with Crippen molar-refractivity contribution in [3.8, 4) is 39.1 Å². The Morgan fingerprint density at radius 3 is 2.06 bits per heavy atom. The molecule has 0 fully saturated rings. The lowest BCUT2D eigenvalue weighted by Gasteiger charge is -2.30. The lowest BCUT2D eigenvalue weighted by Crippen LogP contribution is -2.33. The second-order valence-corrected chi connectivity index (χ2v) is 14.2. The van der Waals surface area contributed by atoms with Crippen molar-refractivity contribution in [2.24, 2.45) is 0 Å². The highest BCUT2D eigenvalue weighted by atomic mass is 16.5. The molecule has 2 aliphatic rings. The molecule has 0 N–H and O–H groups in total. The lowest BCUT2D eigenvalue weighted by atomic mass is 9.74. The second-order valence-electron chi connectivity index (χ2n) is 14.2. The van der Waals surface area contributed by atoms with E-state index in [-0.39, 0.29) is 11.5 Å². The molecule has 2 unspecified atom stereocenters. The zero-order chi connectivity index (χ0) is 35.4. The van der Waals surface area contributed by atoms with Crippen LogP contribution in [0.1, 0.15) is 12.5 Å². The van der Waals surface area contributed by atoms with Crippen LogP contribution in [0.25, 0.3) is 54.9 Å². The first kappa shape index (κ1) is 31.1. The SMILES string of the molecule is CC12C=CC=CC1Oc1cccc(-c3cccc(N(c4ccccc4-c4cccc5cccc(-c6ccccc6)c45)c4cccc5ccccc45)c3)c12. The van der Waals surface area contributed by atoms with E-state index in [9.17, 15) is 0 Å². The molecule has 2 heteroatoms. The largest absolute Gasteiger partial charge is 0.485 e. The Bertz CT molecular complexity index is 2730. The molecule has 1 heterocycles. The van der Waals surface area contributed by atoms with E-state index in [1.54, 1.807) is 0 Å². The molecule has 252 valence electrons. The molecule has 1 aliphatic heterocycles. The van der Waals surface area contributed by atoms with E-state index in [4.69, 9.17) is 4.74 Å². The van der Waals surface area contributed by atoms with Crippen LogP contribution in [-0.2, 0) is 5.41 Å². The summed E-state index contributed by atoms with van der Waals surface area (Å²) in [6, 6.07) is 63.8. The fourth-order valence-electron chi connectivity index (χ4n) is 8.61. The average Bonchev–Trinajstić information content (AvgIpc) is 3.53. The lowest BCUT2D eigenvalue weighted by molar-refractivity contribution is 0.228. The van der Waals surface area contributed by atoms with Gasteiger partial charge < -0.3 is 9.64 Å². The van der Waals surface area contributed by atoms with Gasteiger partial charge in [-0.25, -0.2) is 0 Å². The van der Waals surface area contributed by atoms with Gasteiger partial charge in [0.1, 0.15) is 11.9 Å². The monoisotopic (exact) mass is 679 g/mol. The number of anilines is 3. The third kappa shape index (κ3) is 5.10. The van der Waals surface area contributed by atoms with Crippen molar-refractivity contribution in [2.45, 2.75) is 18.4 Å². The Balaban J connectivity index is 1.22. The van der Waals surface area contributed by atoms with Gasteiger partial charge in [0, 0.05) is 22.2 Å². The molecule has 53 heavy (non-hydrogen) atoms. The van der Waals surface area contributed by atoms with Crippen molar-refractivity contribution < 1.29 is 4.74 Å². The summed E-state index contributed by atoms with van der Waals surface area (Å²) in [6.07, 6.45) is 8.70. The molecule has 0 radical (unpaired) electrons. The third-order valence-electron chi connectivity index (χ3n) is 11.1. The number of hydrogen-bond donors (Lipinski definition) is 0. The van der Waals surface area contributed by atoms with Crippen LogP contribution in [0.3, 0.4) is 0 Å². The van der Waals surface area contributed by atoms with Crippen molar-refractivity contribution in [1.82, 2.24) is 0 Å². The highest BCUT2D eigenvalue weighted by Gasteiger charge is 2.44. The minimum absolute atomic E-state index is 0.0210. The molecule has 8 aromatic carbocycles. The maximum Gasteiger partial charge on any atom is 0.130 e. The molecule has 0 bridgehead atoms. The molecular formula is C51H37NO. The first-order chi connectivity index (χ1) is 26.2. The van der Waals surface area contributed by atoms with Gasteiger partial charge in [0.25, 0.3) is 0 Å². The fraction of sp³-hybridized carbons (Fsp3) is 0.0588. The van der Waals surface area contributed by atoms with Gasteiger partial charge in [-0.1, -0.05) is 164 Å². The van der Waals surface area contributed by atoms with Gasteiger partial charge in [-0.05, 0) is 87.3 Å². The zero-order valence-electron chi connectivity index (χ0n) is 29.5. The van der Waals surface area contributed by atoms with Gasteiger partial charge in [0.05, 0.1) is 16.8 Å². The van der Waals surface area contributed by atoms with Crippen LogP contribution in [0.15, 0.2) is 200 Å². The molecule has 8 aromatic rings. The number of hydrogen-bond acceptors (Lipinski definition) is 2. The number of benzene rings is 8. The summed E-state index contributed by atoms with van der Waals surface area (Å²) < 4.78 is 6.53. The number of ether oxygens (including phenoxy) is 1. The minimum Gasteiger partial charge on any atom is -0.485 e. The van der Waals surface area contributed by atoms with Crippen LogP contribution in [0, 0.1) is 0 Å². The molecule has 0 saturated heterocycles. The first-order valence-electron chi connectivity index (χ1n) is 18.4.